The minimum atomic E-state index is 0.190. The van der Waals surface area contributed by atoms with Crippen molar-refractivity contribution in [2.24, 2.45) is 21.4 Å². The summed E-state index contributed by atoms with van der Waals surface area (Å²) in [6.45, 7) is 12.7. The number of benzene rings is 1. The molecule has 1 aromatic rings. The zero-order valence-corrected chi connectivity index (χ0v) is 18.0. The Morgan fingerprint density at radius 1 is 1.32 bits per heavy atom. The molecule has 1 aliphatic heterocycles. The lowest BCUT2D eigenvalue weighted by Crippen LogP contribution is -2.49. The Morgan fingerprint density at radius 3 is 2.54 bits per heavy atom. The Kier molecular flexibility index (Phi) is 8.21. The number of hydrogen-bond acceptors (Lipinski definition) is 3. The molecular weight excluding hydrogens is 348 g/mol. The molecule has 1 unspecified atom stereocenters. The number of aliphatic imine (C=N–C) groups is 1. The van der Waals surface area contributed by atoms with Crippen LogP contribution < -0.4 is 0 Å². The van der Waals surface area contributed by atoms with Gasteiger partial charge in [0.05, 0.1) is 0 Å². The fourth-order valence-corrected chi connectivity index (χ4v) is 4.23. The molecule has 1 atom stereocenters. The van der Waals surface area contributed by atoms with Gasteiger partial charge in [-0.05, 0) is 49.8 Å². The average Bonchev–Trinajstić information content (AvgIpc) is 2.71. The third-order valence-corrected chi connectivity index (χ3v) is 6.39. The number of rotatable bonds is 9. The van der Waals surface area contributed by atoms with E-state index in [1.807, 2.05) is 12.1 Å². The molecular formula is C23H36N4O. The third kappa shape index (κ3) is 5.91. The Hall–Kier alpha value is -2.17. The van der Waals surface area contributed by atoms with Crippen molar-refractivity contribution < 1.29 is 4.79 Å². The normalized spacial score (nSPS) is 17.5. The van der Waals surface area contributed by atoms with Crippen LogP contribution in [-0.4, -0.2) is 55.6 Å². The van der Waals surface area contributed by atoms with Crippen LogP contribution in [0.5, 0.6) is 0 Å². The number of aryl methyl sites for hydroxylation is 2. The maximum Gasteiger partial charge on any atom is 0.222 e. The summed E-state index contributed by atoms with van der Waals surface area (Å²) in [4.78, 5) is 18.5. The largest absolute Gasteiger partial charge is 0.343 e. The lowest BCUT2D eigenvalue weighted by molar-refractivity contribution is -0.134. The summed E-state index contributed by atoms with van der Waals surface area (Å²) in [5.41, 5.74) is 2.68. The van der Waals surface area contributed by atoms with Gasteiger partial charge in [-0.25, -0.2) is 0 Å². The van der Waals surface area contributed by atoms with Crippen LogP contribution >= 0.6 is 0 Å². The zero-order valence-electron chi connectivity index (χ0n) is 18.0. The summed E-state index contributed by atoms with van der Waals surface area (Å²) in [6.07, 6.45) is 6.10. The van der Waals surface area contributed by atoms with Crippen molar-refractivity contribution in [3.63, 3.8) is 0 Å². The van der Waals surface area contributed by atoms with E-state index in [0.29, 0.717) is 12.3 Å². The highest BCUT2D eigenvalue weighted by atomic mass is 16.2. The molecule has 154 valence electrons. The summed E-state index contributed by atoms with van der Waals surface area (Å²) in [6, 6.07) is 8.48. The molecule has 5 heteroatoms. The zero-order chi connectivity index (χ0) is 20.6. The molecule has 0 radical (unpaired) electrons. The Bertz CT molecular complexity index is 660. The molecule has 1 saturated heterocycles. The average molecular weight is 385 g/mol. The third-order valence-electron chi connectivity index (χ3n) is 6.39. The van der Waals surface area contributed by atoms with E-state index < -0.39 is 0 Å². The van der Waals surface area contributed by atoms with E-state index in [-0.39, 0.29) is 11.3 Å². The molecule has 5 nitrogen and oxygen atoms in total. The molecule has 0 aromatic heterocycles. The van der Waals surface area contributed by atoms with Gasteiger partial charge in [-0.1, -0.05) is 50.1 Å². The highest BCUT2D eigenvalue weighted by Crippen LogP contribution is 2.41. The van der Waals surface area contributed by atoms with E-state index in [9.17, 15) is 4.79 Å². The number of amides is 1. The van der Waals surface area contributed by atoms with E-state index in [0.717, 1.165) is 45.3 Å². The quantitative estimate of drug-likeness (QED) is 0.365. The first-order chi connectivity index (χ1) is 13.4. The number of hydrazone groups is 1. The van der Waals surface area contributed by atoms with Crippen molar-refractivity contribution in [3.05, 3.63) is 35.4 Å². The van der Waals surface area contributed by atoms with Gasteiger partial charge >= 0.3 is 0 Å². The molecule has 1 heterocycles. The lowest BCUT2D eigenvalue weighted by Gasteiger charge is -2.46. The molecule has 1 aliphatic rings. The first kappa shape index (κ1) is 22.1. The van der Waals surface area contributed by atoms with Crippen molar-refractivity contribution in [2.45, 2.75) is 52.9 Å². The number of likely N-dealkylation sites (tertiary alicyclic amines) is 1. The molecule has 2 rings (SSSR count). The minimum Gasteiger partial charge on any atom is -0.343 e. The van der Waals surface area contributed by atoms with E-state index in [4.69, 9.17) is 0 Å². The number of nitrogens with zero attached hydrogens (tertiary/aromatic N) is 4. The fraction of sp³-hybridized carbons (Fsp3) is 0.609. The number of piperidine rings is 1. The lowest BCUT2D eigenvalue weighted by atomic mass is 9.68. The van der Waals surface area contributed by atoms with Gasteiger partial charge in [0.1, 0.15) is 6.34 Å². The predicted molar refractivity (Wildman–Crippen MR) is 118 cm³/mol. The number of carbonyl (C=O) groups is 1. The van der Waals surface area contributed by atoms with Gasteiger partial charge in [0.15, 0.2) is 0 Å². The van der Waals surface area contributed by atoms with Crippen molar-refractivity contribution in [1.29, 1.82) is 0 Å². The standard InChI is InChI=1S/C23H36N4O/c1-6-20(3)23(17-26(5)25-18-24-4)13-15-27(16-14-23)22(28)12-11-21-9-7-19(2)8-10-21/h7-10,18,20H,4,6,11-17H2,1-3,5H3/b25-18-. The minimum absolute atomic E-state index is 0.190. The molecule has 0 bridgehead atoms. The Morgan fingerprint density at radius 2 is 1.96 bits per heavy atom. The highest BCUT2D eigenvalue weighted by molar-refractivity contribution is 5.76. The SMILES string of the molecule is C=N/C=N\N(C)CC1(C(C)CC)CCN(C(=O)CCc2ccc(C)cc2)CC1. The second-order valence-corrected chi connectivity index (χ2v) is 8.27. The first-order valence-corrected chi connectivity index (χ1v) is 10.4. The van der Waals surface area contributed by atoms with Crippen LogP contribution in [0.3, 0.4) is 0 Å². The summed E-state index contributed by atoms with van der Waals surface area (Å²) < 4.78 is 0. The second-order valence-electron chi connectivity index (χ2n) is 8.27. The van der Waals surface area contributed by atoms with Crippen LogP contribution in [-0.2, 0) is 11.2 Å². The van der Waals surface area contributed by atoms with Gasteiger partial charge < -0.3 is 4.90 Å². The van der Waals surface area contributed by atoms with Crippen LogP contribution in [0.1, 0.15) is 50.7 Å². The van der Waals surface area contributed by atoms with E-state index in [1.54, 1.807) is 0 Å². The predicted octanol–water partition coefficient (Wildman–Crippen LogP) is 4.16. The number of hydrogen-bond donors (Lipinski definition) is 0. The summed E-state index contributed by atoms with van der Waals surface area (Å²) >= 11 is 0. The highest BCUT2D eigenvalue weighted by Gasteiger charge is 2.40. The Balaban J connectivity index is 1.92. The van der Waals surface area contributed by atoms with Crippen LogP contribution in [0, 0.1) is 18.3 Å². The van der Waals surface area contributed by atoms with Crippen LogP contribution in [0.4, 0.5) is 0 Å². The first-order valence-electron chi connectivity index (χ1n) is 10.4. The van der Waals surface area contributed by atoms with Gasteiger partial charge in [-0.15, -0.1) is 0 Å². The molecule has 0 aliphatic carbocycles. The van der Waals surface area contributed by atoms with Gasteiger partial charge in [0.2, 0.25) is 5.91 Å². The summed E-state index contributed by atoms with van der Waals surface area (Å²) in [7, 11) is 1.99. The number of carbonyl (C=O) groups excluding carboxylic acids is 1. The maximum absolute atomic E-state index is 12.7. The summed E-state index contributed by atoms with van der Waals surface area (Å²) in [5, 5.41) is 6.29. The van der Waals surface area contributed by atoms with Crippen molar-refractivity contribution in [1.82, 2.24) is 9.91 Å². The van der Waals surface area contributed by atoms with Crippen LogP contribution in [0.2, 0.25) is 0 Å². The second kappa shape index (κ2) is 10.4. The molecule has 0 saturated carbocycles. The topological polar surface area (TPSA) is 48.3 Å². The monoisotopic (exact) mass is 384 g/mol. The smallest absolute Gasteiger partial charge is 0.222 e. The van der Waals surface area contributed by atoms with E-state index in [2.05, 4.69) is 66.7 Å². The molecule has 1 fully saturated rings. The van der Waals surface area contributed by atoms with Crippen molar-refractivity contribution >= 4 is 19.0 Å². The van der Waals surface area contributed by atoms with Crippen molar-refractivity contribution in [2.75, 3.05) is 26.7 Å². The van der Waals surface area contributed by atoms with E-state index in [1.165, 1.54) is 17.5 Å². The molecule has 0 spiro atoms. The van der Waals surface area contributed by atoms with Gasteiger partial charge in [0.25, 0.3) is 0 Å². The van der Waals surface area contributed by atoms with Crippen molar-refractivity contribution in [3.8, 4) is 0 Å². The molecule has 0 N–H and O–H groups in total. The molecule has 1 aromatic carbocycles. The summed E-state index contributed by atoms with van der Waals surface area (Å²) in [5.74, 6) is 0.868. The maximum atomic E-state index is 12.7. The molecule has 1 amide bonds. The Labute approximate surface area is 170 Å². The fourth-order valence-electron chi connectivity index (χ4n) is 4.23. The van der Waals surface area contributed by atoms with Gasteiger partial charge in [-0.3, -0.25) is 14.8 Å². The van der Waals surface area contributed by atoms with Gasteiger partial charge in [0, 0.05) is 33.1 Å². The molecule has 28 heavy (non-hydrogen) atoms. The van der Waals surface area contributed by atoms with Crippen LogP contribution in [0.25, 0.3) is 0 Å². The van der Waals surface area contributed by atoms with Gasteiger partial charge in [-0.2, -0.15) is 5.10 Å². The van der Waals surface area contributed by atoms with Crippen LogP contribution in [0.15, 0.2) is 34.4 Å². The van der Waals surface area contributed by atoms with E-state index >= 15 is 0 Å².